The maximum atomic E-state index is 11.8. The number of hydrogen-bond acceptors (Lipinski definition) is 7. The van der Waals surface area contributed by atoms with Gasteiger partial charge in [-0.05, 0) is 18.6 Å². The third-order valence-electron chi connectivity index (χ3n) is 4.64. The van der Waals surface area contributed by atoms with E-state index in [-0.39, 0.29) is 17.4 Å². The first-order chi connectivity index (χ1) is 13.9. The van der Waals surface area contributed by atoms with Crippen LogP contribution in [0.5, 0.6) is 0 Å². The molecule has 1 aliphatic heterocycles. The van der Waals surface area contributed by atoms with E-state index in [1.165, 1.54) is 11.8 Å². The molecule has 0 radical (unpaired) electrons. The molecule has 0 unspecified atom stereocenters. The molecule has 0 saturated carbocycles. The van der Waals surface area contributed by atoms with E-state index in [1.54, 1.807) is 18.3 Å². The molecule has 7 nitrogen and oxygen atoms in total. The summed E-state index contributed by atoms with van der Waals surface area (Å²) >= 11 is 7.47. The average Bonchev–Trinajstić information content (AvgIpc) is 3.39. The second-order valence-electron chi connectivity index (χ2n) is 6.76. The van der Waals surface area contributed by atoms with Gasteiger partial charge >= 0.3 is 0 Å². The normalized spacial score (nSPS) is 18.2. The fourth-order valence-electron chi connectivity index (χ4n) is 3.29. The van der Waals surface area contributed by atoms with Gasteiger partial charge in [0.1, 0.15) is 5.82 Å². The standard InChI is InChI=1S/C19H19ClN4O3S2/c1-2-7-24-18(14-6-8-29(25,26)12-14)22-23-19(24)28-11-17-21-10-16(27-17)13-4-3-5-15(20)9-13/h2-5,9-10,14H,1,6-8,11-12H2/t14-/m0/s1. The van der Waals surface area contributed by atoms with Gasteiger partial charge in [-0.2, -0.15) is 0 Å². The number of oxazole rings is 1. The van der Waals surface area contributed by atoms with E-state index in [1.807, 2.05) is 22.8 Å². The van der Waals surface area contributed by atoms with Gasteiger partial charge in [0.2, 0.25) is 5.89 Å². The first kappa shape index (κ1) is 20.2. The van der Waals surface area contributed by atoms with Crippen LogP contribution in [0, 0.1) is 0 Å². The molecule has 1 saturated heterocycles. The van der Waals surface area contributed by atoms with Crippen molar-refractivity contribution in [1.82, 2.24) is 19.7 Å². The second kappa shape index (κ2) is 8.33. The Kier molecular flexibility index (Phi) is 5.80. The monoisotopic (exact) mass is 450 g/mol. The number of rotatable bonds is 7. The minimum absolute atomic E-state index is 0.121. The second-order valence-corrected chi connectivity index (χ2v) is 10.4. The summed E-state index contributed by atoms with van der Waals surface area (Å²) in [6, 6.07) is 7.39. The summed E-state index contributed by atoms with van der Waals surface area (Å²) in [6.07, 6.45) is 4.00. The van der Waals surface area contributed by atoms with Crippen LogP contribution < -0.4 is 0 Å². The van der Waals surface area contributed by atoms with E-state index in [9.17, 15) is 8.42 Å². The predicted molar refractivity (Wildman–Crippen MR) is 113 cm³/mol. The van der Waals surface area contributed by atoms with Crippen LogP contribution in [0.3, 0.4) is 0 Å². The molecule has 29 heavy (non-hydrogen) atoms. The molecule has 0 amide bonds. The molecule has 0 spiro atoms. The van der Waals surface area contributed by atoms with Crippen LogP contribution in [0.4, 0.5) is 0 Å². The summed E-state index contributed by atoms with van der Waals surface area (Å²) < 4.78 is 31.4. The zero-order chi connectivity index (χ0) is 20.4. The molecule has 3 heterocycles. The summed E-state index contributed by atoms with van der Waals surface area (Å²) in [5.74, 6) is 2.56. The molecule has 1 aliphatic rings. The quantitative estimate of drug-likeness (QED) is 0.397. The molecule has 0 bridgehead atoms. The van der Waals surface area contributed by atoms with Crippen LogP contribution in [-0.4, -0.2) is 39.7 Å². The lowest BCUT2D eigenvalue weighted by Crippen LogP contribution is -2.11. The Morgan fingerprint density at radius 1 is 1.38 bits per heavy atom. The van der Waals surface area contributed by atoms with E-state index >= 15 is 0 Å². The molecule has 0 aliphatic carbocycles. The lowest BCUT2D eigenvalue weighted by molar-refractivity contribution is 0.529. The van der Waals surface area contributed by atoms with Crippen molar-refractivity contribution in [3.05, 3.63) is 59.9 Å². The number of nitrogens with zero attached hydrogens (tertiary/aromatic N) is 4. The fraction of sp³-hybridized carbons (Fsp3) is 0.316. The summed E-state index contributed by atoms with van der Waals surface area (Å²) in [6.45, 7) is 4.30. The van der Waals surface area contributed by atoms with E-state index in [4.69, 9.17) is 16.0 Å². The number of allylic oxidation sites excluding steroid dienone is 1. The van der Waals surface area contributed by atoms with E-state index in [2.05, 4.69) is 21.8 Å². The van der Waals surface area contributed by atoms with Gasteiger partial charge in [-0.1, -0.05) is 41.6 Å². The smallest absolute Gasteiger partial charge is 0.205 e. The highest BCUT2D eigenvalue weighted by molar-refractivity contribution is 7.98. The van der Waals surface area contributed by atoms with E-state index < -0.39 is 9.84 Å². The van der Waals surface area contributed by atoms with Crippen LogP contribution in [0.25, 0.3) is 11.3 Å². The van der Waals surface area contributed by atoms with Crippen molar-refractivity contribution in [3.63, 3.8) is 0 Å². The number of halogens is 1. The molecule has 2 aromatic heterocycles. The zero-order valence-corrected chi connectivity index (χ0v) is 17.9. The zero-order valence-electron chi connectivity index (χ0n) is 15.5. The first-order valence-electron chi connectivity index (χ1n) is 9.03. The van der Waals surface area contributed by atoms with Crippen molar-refractivity contribution in [3.8, 4) is 11.3 Å². The van der Waals surface area contributed by atoms with Gasteiger partial charge in [0.15, 0.2) is 20.8 Å². The summed E-state index contributed by atoms with van der Waals surface area (Å²) in [5.41, 5.74) is 0.862. The number of thioether (sulfide) groups is 1. The highest BCUT2D eigenvalue weighted by atomic mass is 35.5. The third-order valence-corrected chi connectivity index (χ3v) is 7.60. The van der Waals surface area contributed by atoms with Crippen molar-refractivity contribution in [1.29, 1.82) is 0 Å². The Morgan fingerprint density at radius 2 is 2.24 bits per heavy atom. The van der Waals surface area contributed by atoms with Crippen LogP contribution in [0.1, 0.15) is 24.1 Å². The van der Waals surface area contributed by atoms with Crippen molar-refractivity contribution >= 4 is 33.2 Å². The molecular weight excluding hydrogens is 432 g/mol. The van der Waals surface area contributed by atoms with Crippen molar-refractivity contribution in [2.24, 2.45) is 0 Å². The molecule has 0 N–H and O–H groups in total. The van der Waals surface area contributed by atoms with Gasteiger partial charge in [0.05, 0.1) is 23.5 Å². The minimum Gasteiger partial charge on any atom is -0.440 e. The molecule has 4 rings (SSSR count). The average molecular weight is 451 g/mol. The van der Waals surface area contributed by atoms with E-state index in [0.29, 0.717) is 46.4 Å². The molecule has 152 valence electrons. The van der Waals surface area contributed by atoms with Crippen molar-refractivity contribution in [2.45, 2.75) is 29.8 Å². The van der Waals surface area contributed by atoms with Gasteiger partial charge in [-0.25, -0.2) is 13.4 Å². The molecule has 1 fully saturated rings. The highest BCUT2D eigenvalue weighted by Gasteiger charge is 2.33. The van der Waals surface area contributed by atoms with Gasteiger partial charge in [-0.3, -0.25) is 0 Å². The molecule has 1 aromatic carbocycles. The van der Waals surface area contributed by atoms with Crippen LogP contribution >= 0.6 is 23.4 Å². The topological polar surface area (TPSA) is 90.9 Å². The van der Waals surface area contributed by atoms with Crippen LogP contribution in [0.2, 0.25) is 5.02 Å². The maximum absolute atomic E-state index is 11.8. The van der Waals surface area contributed by atoms with Gasteiger partial charge in [-0.15, -0.1) is 16.8 Å². The van der Waals surface area contributed by atoms with Gasteiger partial charge in [0.25, 0.3) is 0 Å². The predicted octanol–water partition coefficient (Wildman–Crippen LogP) is 3.97. The summed E-state index contributed by atoms with van der Waals surface area (Å²) in [7, 11) is -3.00. The Morgan fingerprint density at radius 3 is 2.97 bits per heavy atom. The largest absolute Gasteiger partial charge is 0.440 e. The number of hydrogen-bond donors (Lipinski definition) is 0. The molecule has 3 aromatic rings. The number of sulfone groups is 1. The maximum Gasteiger partial charge on any atom is 0.205 e. The molecular formula is C19H19ClN4O3S2. The first-order valence-corrected chi connectivity index (χ1v) is 12.2. The van der Waals surface area contributed by atoms with Crippen molar-refractivity contribution in [2.75, 3.05) is 11.5 Å². The Labute approximate surface area is 178 Å². The lowest BCUT2D eigenvalue weighted by Gasteiger charge is -2.10. The number of benzene rings is 1. The van der Waals surface area contributed by atoms with Crippen molar-refractivity contribution < 1.29 is 12.8 Å². The highest BCUT2D eigenvalue weighted by Crippen LogP contribution is 2.31. The number of aromatic nitrogens is 4. The Balaban J connectivity index is 1.49. The molecule has 10 heteroatoms. The van der Waals surface area contributed by atoms with Crippen LogP contribution in [0.15, 0.2) is 52.7 Å². The van der Waals surface area contributed by atoms with Crippen LogP contribution in [-0.2, 0) is 22.1 Å². The summed E-state index contributed by atoms with van der Waals surface area (Å²) in [4.78, 5) is 4.33. The summed E-state index contributed by atoms with van der Waals surface area (Å²) in [5, 5.41) is 9.86. The van der Waals surface area contributed by atoms with Gasteiger partial charge < -0.3 is 8.98 Å². The Bertz CT molecular complexity index is 1140. The Hall–Kier alpha value is -2.10. The van der Waals surface area contributed by atoms with Gasteiger partial charge in [0, 0.05) is 23.0 Å². The van der Waals surface area contributed by atoms with E-state index in [0.717, 1.165) is 5.56 Å². The third kappa shape index (κ3) is 4.57. The fourth-order valence-corrected chi connectivity index (χ4v) is 6.02. The molecule has 1 atom stereocenters. The lowest BCUT2D eigenvalue weighted by atomic mass is 10.1. The SMILES string of the molecule is C=CCn1c(SCc2ncc(-c3cccc(Cl)c3)o2)nnc1[C@H]1CCS(=O)(=O)C1. The minimum atomic E-state index is -3.00.